The summed E-state index contributed by atoms with van der Waals surface area (Å²) in [6, 6.07) is 9.05. The maximum atomic E-state index is 14.0. The molecule has 0 radical (unpaired) electrons. The normalized spacial score (nSPS) is 12.6. The van der Waals surface area contributed by atoms with Crippen molar-refractivity contribution in [3.63, 3.8) is 0 Å². The van der Waals surface area contributed by atoms with E-state index in [1.165, 1.54) is 16.5 Å². The van der Waals surface area contributed by atoms with Gasteiger partial charge >= 0.3 is 0 Å². The van der Waals surface area contributed by atoms with Crippen LogP contribution < -0.4 is 5.32 Å². The van der Waals surface area contributed by atoms with E-state index in [4.69, 9.17) is 0 Å². The average Bonchev–Trinajstić information content (AvgIpc) is 2.78. The highest BCUT2D eigenvalue weighted by atomic mass is 32.1. The minimum absolute atomic E-state index is 0.0441. The number of hydrogen-bond acceptors (Lipinski definition) is 2. The predicted molar refractivity (Wildman–Crippen MR) is 75.6 cm³/mol. The minimum atomic E-state index is -0.142. The molecule has 0 aliphatic carbocycles. The molecule has 0 aliphatic rings. The first-order valence-electron chi connectivity index (χ1n) is 6.25. The fraction of sp³-hybridized carbons (Fsp3) is 0.333. The first-order chi connectivity index (χ1) is 8.74. The minimum Gasteiger partial charge on any atom is -0.306 e. The number of rotatable bonds is 5. The van der Waals surface area contributed by atoms with E-state index in [1.807, 2.05) is 12.1 Å². The van der Waals surface area contributed by atoms with Gasteiger partial charge in [0.2, 0.25) is 0 Å². The number of benzene rings is 1. The Bertz CT molecular complexity index is 507. The molecule has 0 fully saturated rings. The molecule has 0 aliphatic heterocycles. The number of hydrogen-bond donors (Lipinski definition) is 1. The van der Waals surface area contributed by atoms with Gasteiger partial charge in [-0.2, -0.15) is 0 Å². The Balaban J connectivity index is 2.37. The zero-order valence-electron chi connectivity index (χ0n) is 10.7. The van der Waals surface area contributed by atoms with Crippen molar-refractivity contribution < 1.29 is 4.39 Å². The van der Waals surface area contributed by atoms with Crippen molar-refractivity contribution in [1.82, 2.24) is 5.32 Å². The smallest absolute Gasteiger partial charge is 0.128 e. The van der Waals surface area contributed by atoms with Crippen LogP contribution in [0.1, 0.15) is 35.4 Å². The Kier molecular flexibility index (Phi) is 4.50. The van der Waals surface area contributed by atoms with Gasteiger partial charge in [0.15, 0.2) is 0 Å². The third-order valence-corrected chi connectivity index (χ3v) is 3.89. The highest BCUT2D eigenvalue weighted by molar-refractivity contribution is 7.10. The SMILES string of the molecule is CCCNC(c1ccccc1F)c1ccsc1C. The molecule has 1 aromatic heterocycles. The molecule has 2 rings (SSSR count). The quantitative estimate of drug-likeness (QED) is 0.848. The van der Waals surface area contributed by atoms with E-state index in [1.54, 1.807) is 17.4 Å². The number of nitrogens with one attached hydrogen (secondary N) is 1. The Morgan fingerprint density at radius 1 is 1.22 bits per heavy atom. The lowest BCUT2D eigenvalue weighted by molar-refractivity contribution is 0.546. The molecule has 0 saturated carbocycles. The molecule has 2 aromatic rings. The summed E-state index contributed by atoms with van der Waals surface area (Å²) in [5, 5.41) is 5.50. The molecule has 0 bridgehead atoms. The molecule has 0 saturated heterocycles. The van der Waals surface area contributed by atoms with Crippen molar-refractivity contribution in [1.29, 1.82) is 0 Å². The van der Waals surface area contributed by atoms with Gasteiger partial charge < -0.3 is 5.32 Å². The van der Waals surface area contributed by atoms with Crippen LogP contribution >= 0.6 is 11.3 Å². The van der Waals surface area contributed by atoms with Crippen LogP contribution in [-0.4, -0.2) is 6.54 Å². The van der Waals surface area contributed by atoms with Crippen LogP contribution in [0.2, 0.25) is 0 Å². The van der Waals surface area contributed by atoms with Crippen LogP contribution in [-0.2, 0) is 0 Å². The molecule has 1 aromatic carbocycles. The summed E-state index contributed by atoms with van der Waals surface area (Å²) in [6.07, 6.45) is 1.04. The predicted octanol–water partition coefficient (Wildman–Crippen LogP) is 4.28. The molecular formula is C15H18FNS. The van der Waals surface area contributed by atoms with Crippen LogP contribution in [0.5, 0.6) is 0 Å². The standard InChI is InChI=1S/C15H18FNS/c1-3-9-17-15(12-8-10-18-11(12)2)13-6-4-5-7-14(13)16/h4-8,10,15,17H,3,9H2,1-2H3. The molecule has 3 heteroatoms. The first-order valence-corrected chi connectivity index (χ1v) is 7.13. The van der Waals surface area contributed by atoms with E-state index in [2.05, 4.69) is 30.6 Å². The summed E-state index contributed by atoms with van der Waals surface area (Å²) in [5.41, 5.74) is 1.91. The highest BCUT2D eigenvalue weighted by Crippen LogP contribution is 2.29. The molecule has 1 atom stereocenters. The van der Waals surface area contributed by atoms with Crippen LogP contribution in [0.25, 0.3) is 0 Å². The maximum Gasteiger partial charge on any atom is 0.128 e. The van der Waals surface area contributed by atoms with Gasteiger partial charge in [0, 0.05) is 10.4 Å². The summed E-state index contributed by atoms with van der Waals surface area (Å²) in [7, 11) is 0. The zero-order chi connectivity index (χ0) is 13.0. The second kappa shape index (κ2) is 6.12. The van der Waals surface area contributed by atoms with Gasteiger partial charge in [-0.25, -0.2) is 4.39 Å². The van der Waals surface area contributed by atoms with Crippen LogP contribution in [0, 0.1) is 12.7 Å². The molecule has 1 N–H and O–H groups in total. The van der Waals surface area contributed by atoms with E-state index >= 15 is 0 Å². The molecule has 1 unspecified atom stereocenters. The summed E-state index contributed by atoms with van der Waals surface area (Å²) >= 11 is 1.70. The largest absolute Gasteiger partial charge is 0.306 e. The lowest BCUT2D eigenvalue weighted by atomic mass is 9.99. The van der Waals surface area contributed by atoms with E-state index in [0.29, 0.717) is 0 Å². The van der Waals surface area contributed by atoms with Gasteiger partial charge in [0.1, 0.15) is 5.82 Å². The van der Waals surface area contributed by atoms with Crippen LogP contribution in [0.4, 0.5) is 4.39 Å². The lowest BCUT2D eigenvalue weighted by Crippen LogP contribution is -2.24. The van der Waals surface area contributed by atoms with E-state index in [9.17, 15) is 4.39 Å². The first kappa shape index (κ1) is 13.2. The van der Waals surface area contributed by atoms with Gasteiger partial charge in [0.25, 0.3) is 0 Å². The second-order valence-corrected chi connectivity index (χ2v) is 5.46. The van der Waals surface area contributed by atoms with Gasteiger partial charge in [-0.1, -0.05) is 25.1 Å². The Morgan fingerprint density at radius 2 is 2.00 bits per heavy atom. The van der Waals surface area contributed by atoms with Gasteiger partial charge in [-0.15, -0.1) is 11.3 Å². The van der Waals surface area contributed by atoms with Crippen molar-refractivity contribution in [3.05, 3.63) is 57.5 Å². The van der Waals surface area contributed by atoms with E-state index in [0.717, 1.165) is 18.5 Å². The van der Waals surface area contributed by atoms with Gasteiger partial charge in [0.05, 0.1) is 6.04 Å². The molecule has 1 nitrogen and oxygen atoms in total. The third-order valence-electron chi connectivity index (χ3n) is 3.02. The summed E-state index contributed by atoms with van der Waals surface area (Å²) in [5.74, 6) is -0.142. The molecule has 1 heterocycles. The molecular weight excluding hydrogens is 245 g/mol. The van der Waals surface area contributed by atoms with Crippen molar-refractivity contribution in [2.24, 2.45) is 0 Å². The Morgan fingerprint density at radius 3 is 2.61 bits per heavy atom. The molecule has 0 amide bonds. The Hall–Kier alpha value is -1.19. The summed E-state index contributed by atoms with van der Waals surface area (Å²) < 4.78 is 14.0. The topological polar surface area (TPSA) is 12.0 Å². The second-order valence-electron chi connectivity index (χ2n) is 4.34. The Labute approximate surface area is 112 Å². The highest BCUT2D eigenvalue weighted by Gasteiger charge is 2.19. The van der Waals surface area contributed by atoms with Gasteiger partial charge in [-0.3, -0.25) is 0 Å². The average molecular weight is 263 g/mol. The maximum absolute atomic E-state index is 14.0. The van der Waals surface area contributed by atoms with Crippen LogP contribution in [0.3, 0.4) is 0 Å². The van der Waals surface area contributed by atoms with Crippen molar-refractivity contribution in [2.75, 3.05) is 6.54 Å². The van der Waals surface area contributed by atoms with Crippen molar-refractivity contribution in [2.45, 2.75) is 26.3 Å². The lowest BCUT2D eigenvalue weighted by Gasteiger charge is -2.20. The van der Waals surface area contributed by atoms with Crippen molar-refractivity contribution in [3.8, 4) is 0 Å². The fourth-order valence-corrected chi connectivity index (χ4v) is 2.82. The van der Waals surface area contributed by atoms with Crippen LogP contribution in [0.15, 0.2) is 35.7 Å². The molecule has 96 valence electrons. The number of aryl methyl sites for hydroxylation is 1. The van der Waals surface area contributed by atoms with E-state index in [-0.39, 0.29) is 11.9 Å². The number of thiophene rings is 1. The number of halogens is 1. The summed E-state index contributed by atoms with van der Waals surface area (Å²) in [4.78, 5) is 1.24. The fourth-order valence-electron chi connectivity index (χ4n) is 2.08. The monoisotopic (exact) mass is 263 g/mol. The third kappa shape index (κ3) is 2.79. The molecule has 18 heavy (non-hydrogen) atoms. The summed E-state index contributed by atoms with van der Waals surface area (Å²) in [6.45, 7) is 5.08. The molecule has 0 spiro atoms. The zero-order valence-corrected chi connectivity index (χ0v) is 11.6. The van der Waals surface area contributed by atoms with Crippen molar-refractivity contribution >= 4 is 11.3 Å². The van der Waals surface area contributed by atoms with E-state index < -0.39 is 0 Å². The van der Waals surface area contributed by atoms with Gasteiger partial charge in [-0.05, 0) is 43.0 Å².